The summed E-state index contributed by atoms with van der Waals surface area (Å²) < 4.78 is 5.76. The van der Waals surface area contributed by atoms with Gasteiger partial charge in [0.2, 0.25) is 0 Å². The summed E-state index contributed by atoms with van der Waals surface area (Å²) in [7, 11) is 0. The second-order valence-corrected chi connectivity index (χ2v) is 4.72. The quantitative estimate of drug-likeness (QED) is 0.758. The molecule has 0 saturated heterocycles. The van der Waals surface area contributed by atoms with Crippen LogP contribution in [0.5, 0.6) is 11.5 Å². The van der Waals surface area contributed by atoms with Crippen LogP contribution in [0.1, 0.15) is 24.5 Å². The van der Waals surface area contributed by atoms with Crippen molar-refractivity contribution in [2.45, 2.75) is 26.5 Å². The molecule has 0 aliphatic carbocycles. The summed E-state index contributed by atoms with van der Waals surface area (Å²) in [5.41, 5.74) is 2.14. The van der Waals surface area contributed by atoms with E-state index in [4.69, 9.17) is 9.84 Å². The van der Waals surface area contributed by atoms with E-state index in [0.717, 1.165) is 36.6 Å². The molecular formula is C17H21NO2. The minimum Gasteiger partial charge on any atom is -0.457 e. The van der Waals surface area contributed by atoms with Gasteiger partial charge in [0.25, 0.3) is 0 Å². The number of hydrogen-bond acceptors (Lipinski definition) is 3. The molecule has 0 amide bonds. The van der Waals surface area contributed by atoms with Gasteiger partial charge < -0.3 is 15.2 Å². The van der Waals surface area contributed by atoms with Gasteiger partial charge in [-0.1, -0.05) is 31.2 Å². The second-order valence-electron chi connectivity index (χ2n) is 4.72. The summed E-state index contributed by atoms with van der Waals surface area (Å²) in [5.74, 6) is 1.60. The van der Waals surface area contributed by atoms with Gasteiger partial charge in [-0.05, 0) is 48.4 Å². The lowest BCUT2D eigenvalue weighted by molar-refractivity contribution is 0.281. The van der Waals surface area contributed by atoms with E-state index >= 15 is 0 Å². The Morgan fingerprint density at radius 3 is 1.95 bits per heavy atom. The van der Waals surface area contributed by atoms with Crippen LogP contribution in [-0.4, -0.2) is 11.7 Å². The molecule has 0 aliphatic rings. The molecular weight excluding hydrogens is 250 g/mol. The van der Waals surface area contributed by atoms with Gasteiger partial charge in [0.1, 0.15) is 11.5 Å². The Morgan fingerprint density at radius 1 is 0.900 bits per heavy atom. The van der Waals surface area contributed by atoms with E-state index in [1.165, 1.54) is 5.56 Å². The van der Waals surface area contributed by atoms with E-state index in [2.05, 4.69) is 24.4 Å². The molecule has 2 aromatic carbocycles. The van der Waals surface area contributed by atoms with E-state index in [0.29, 0.717) is 0 Å². The van der Waals surface area contributed by atoms with Crippen LogP contribution in [0.2, 0.25) is 0 Å². The third-order valence-electron chi connectivity index (χ3n) is 3.02. The number of hydrogen-bond donors (Lipinski definition) is 2. The summed E-state index contributed by atoms with van der Waals surface area (Å²) in [6.45, 7) is 4.14. The Labute approximate surface area is 120 Å². The van der Waals surface area contributed by atoms with Crippen LogP contribution in [0.25, 0.3) is 0 Å². The third kappa shape index (κ3) is 4.37. The first-order chi connectivity index (χ1) is 9.81. The fraction of sp³-hybridized carbons (Fsp3) is 0.294. The lowest BCUT2D eigenvalue weighted by Crippen LogP contribution is -2.13. The molecule has 3 nitrogen and oxygen atoms in total. The van der Waals surface area contributed by atoms with Crippen LogP contribution in [0.15, 0.2) is 48.5 Å². The third-order valence-corrected chi connectivity index (χ3v) is 3.02. The molecule has 0 atom stereocenters. The molecule has 3 heteroatoms. The van der Waals surface area contributed by atoms with Gasteiger partial charge in [-0.25, -0.2) is 0 Å². The van der Waals surface area contributed by atoms with Crippen LogP contribution >= 0.6 is 0 Å². The number of aliphatic hydroxyl groups is 1. The van der Waals surface area contributed by atoms with E-state index in [1.807, 2.05) is 36.4 Å². The maximum atomic E-state index is 8.99. The average molecular weight is 271 g/mol. The molecule has 2 rings (SSSR count). The highest BCUT2D eigenvalue weighted by molar-refractivity contribution is 5.34. The molecule has 0 aliphatic heterocycles. The Hall–Kier alpha value is -1.84. The fourth-order valence-electron chi connectivity index (χ4n) is 1.88. The zero-order chi connectivity index (χ0) is 14.2. The highest BCUT2D eigenvalue weighted by atomic mass is 16.5. The van der Waals surface area contributed by atoms with Crippen molar-refractivity contribution < 1.29 is 9.84 Å². The van der Waals surface area contributed by atoms with Crippen LogP contribution in [-0.2, 0) is 13.2 Å². The molecule has 0 radical (unpaired) electrons. The molecule has 2 aromatic rings. The molecule has 0 aromatic heterocycles. The number of aliphatic hydroxyl groups excluding tert-OH is 1. The number of benzene rings is 2. The van der Waals surface area contributed by atoms with Crippen molar-refractivity contribution in [2.75, 3.05) is 6.54 Å². The molecule has 0 heterocycles. The van der Waals surface area contributed by atoms with E-state index in [9.17, 15) is 0 Å². The predicted octanol–water partition coefficient (Wildman–Crippen LogP) is 3.47. The van der Waals surface area contributed by atoms with Crippen molar-refractivity contribution in [1.29, 1.82) is 0 Å². The van der Waals surface area contributed by atoms with Crippen molar-refractivity contribution in [2.24, 2.45) is 0 Å². The summed E-state index contributed by atoms with van der Waals surface area (Å²) >= 11 is 0. The van der Waals surface area contributed by atoms with Gasteiger partial charge in [0.05, 0.1) is 6.61 Å². The minimum absolute atomic E-state index is 0.0553. The fourth-order valence-corrected chi connectivity index (χ4v) is 1.88. The normalized spacial score (nSPS) is 10.5. The van der Waals surface area contributed by atoms with E-state index in [1.54, 1.807) is 0 Å². The first-order valence-electron chi connectivity index (χ1n) is 6.99. The molecule has 0 unspecified atom stereocenters. The SMILES string of the molecule is CCCNCc1ccc(Oc2ccc(CO)cc2)cc1. The Bertz CT molecular complexity index is 506. The van der Waals surface area contributed by atoms with Gasteiger partial charge in [-0.3, -0.25) is 0 Å². The van der Waals surface area contributed by atoms with Crippen molar-refractivity contribution in [3.05, 3.63) is 59.7 Å². The van der Waals surface area contributed by atoms with Gasteiger partial charge in [0.15, 0.2) is 0 Å². The summed E-state index contributed by atoms with van der Waals surface area (Å²) in [6, 6.07) is 15.5. The van der Waals surface area contributed by atoms with Gasteiger partial charge >= 0.3 is 0 Å². The van der Waals surface area contributed by atoms with Crippen LogP contribution in [0.3, 0.4) is 0 Å². The number of nitrogens with one attached hydrogen (secondary N) is 1. The molecule has 2 N–H and O–H groups in total. The van der Waals surface area contributed by atoms with Crippen LogP contribution < -0.4 is 10.1 Å². The zero-order valence-electron chi connectivity index (χ0n) is 11.8. The van der Waals surface area contributed by atoms with Crippen molar-refractivity contribution in [1.82, 2.24) is 5.32 Å². The highest BCUT2D eigenvalue weighted by Gasteiger charge is 1.98. The Balaban J connectivity index is 1.92. The lowest BCUT2D eigenvalue weighted by Gasteiger charge is -2.08. The second kappa shape index (κ2) is 7.68. The lowest BCUT2D eigenvalue weighted by atomic mass is 10.2. The van der Waals surface area contributed by atoms with Gasteiger partial charge in [-0.15, -0.1) is 0 Å². The first-order valence-corrected chi connectivity index (χ1v) is 6.99. The first kappa shape index (κ1) is 14.6. The largest absolute Gasteiger partial charge is 0.457 e. The number of rotatable bonds is 7. The molecule has 20 heavy (non-hydrogen) atoms. The molecule has 0 bridgehead atoms. The maximum absolute atomic E-state index is 8.99. The Morgan fingerprint density at radius 2 is 1.45 bits per heavy atom. The monoisotopic (exact) mass is 271 g/mol. The molecule has 0 fully saturated rings. The zero-order valence-corrected chi connectivity index (χ0v) is 11.8. The molecule has 0 saturated carbocycles. The van der Waals surface area contributed by atoms with Crippen molar-refractivity contribution >= 4 is 0 Å². The summed E-state index contributed by atoms with van der Waals surface area (Å²) in [6.07, 6.45) is 1.14. The molecule has 0 spiro atoms. The topological polar surface area (TPSA) is 41.5 Å². The van der Waals surface area contributed by atoms with Crippen molar-refractivity contribution in [3.63, 3.8) is 0 Å². The van der Waals surface area contributed by atoms with Crippen molar-refractivity contribution in [3.8, 4) is 11.5 Å². The minimum atomic E-state index is 0.0553. The van der Waals surface area contributed by atoms with Gasteiger partial charge in [-0.2, -0.15) is 0 Å². The van der Waals surface area contributed by atoms with Gasteiger partial charge in [0, 0.05) is 6.54 Å². The predicted molar refractivity (Wildman–Crippen MR) is 80.9 cm³/mol. The highest BCUT2D eigenvalue weighted by Crippen LogP contribution is 2.22. The summed E-state index contributed by atoms with van der Waals surface area (Å²) in [5, 5.41) is 12.4. The summed E-state index contributed by atoms with van der Waals surface area (Å²) in [4.78, 5) is 0. The van der Waals surface area contributed by atoms with E-state index < -0.39 is 0 Å². The average Bonchev–Trinajstić information content (AvgIpc) is 2.50. The molecule has 106 valence electrons. The van der Waals surface area contributed by atoms with Crippen LogP contribution in [0, 0.1) is 0 Å². The van der Waals surface area contributed by atoms with Crippen LogP contribution in [0.4, 0.5) is 0 Å². The Kier molecular flexibility index (Phi) is 5.59. The van der Waals surface area contributed by atoms with E-state index in [-0.39, 0.29) is 6.61 Å². The maximum Gasteiger partial charge on any atom is 0.127 e. The number of ether oxygens (including phenoxy) is 1. The standard InChI is InChI=1S/C17H21NO2/c1-2-11-18-12-14-3-7-16(8-4-14)20-17-9-5-15(13-19)6-10-17/h3-10,18-19H,2,11-13H2,1H3. The smallest absolute Gasteiger partial charge is 0.127 e.